The molecule has 15 heavy (non-hydrogen) atoms. The van der Waals surface area contributed by atoms with Gasteiger partial charge in [-0.25, -0.2) is 4.39 Å². The highest BCUT2D eigenvalue weighted by Gasteiger charge is 2.04. The van der Waals surface area contributed by atoms with Crippen LogP contribution in [0.1, 0.15) is 37.8 Å². The maximum absolute atomic E-state index is 13.4. The van der Waals surface area contributed by atoms with Crippen LogP contribution in [-0.4, -0.2) is 6.04 Å². The third-order valence-corrected chi connectivity index (χ3v) is 2.56. The van der Waals surface area contributed by atoms with E-state index in [2.05, 4.69) is 19.2 Å². The van der Waals surface area contributed by atoms with Crippen LogP contribution in [0.3, 0.4) is 0 Å². The molecule has 0 aliphatic heterocycles. The summed E-state index contributed by atoms with van der Waals surface area (Å²) in [6.45, 7) is 6.90. The van der Waals surface area contributed by atoms with Crippen LogP contribution < -0.4 is 5.32 Å². The van der Waals surface area contributed by atoms with E-state index in [9.17, 15) is 4.39 Å². The molecule has 2 heteroatoms. The van der Waals surface area contributed by atoms with Crippen LogP contribution in [0.15, 0.2) is 18.2 Å². The fraction of sp³-hybridized carbons (Fsp3) is 0.538. The van der Waals surface area contributed by atoms with Crippen molar-refractivity contribution in [1.82, 2.24) is 5.32 Å². The Kier molecular flexibility index (Phi) is 4.76. The van der Waals surface area contributed by atoms with Crippen molar-refractivity contribution in [2.75, 3.05) is 0 Å². The predicted molar refractivity (Wildman–Crippen MR) is 62.3 cm³/mol. The van der Waals surface area contributed by atoms with Gasteiger partial charge in [-0.1, -0.05) is 31.0 Å². The van der Waals surface area contributed by atoms with Gasteiger partial charge in [0.25, 0.3) is 0 Å². The number of hydrogen-bond donors (Lipinski definition) is 1. The van der Waals surface area contributed by atoms with Gasteiger partial charge in [0, 0.05) is 18.2 Å². The van der Waals surface area contributed by atoms with Gasteiger partial charge in [0.2, 0.25) is 0 Å². The first-order valence-electron chi connectivity index (χ1n) is 5.62. The average molecular weight is 209 g/mol. The lowest BCUT2D eigenvalue weighted by molar-refractivity contribution is 0.496. The van der Waals surface area contributed by atoms with Crippen LogP contribution >= 0.6 is 0 Å². The summed E-state index contributed by atoms with van der Waals surface area (Å²) < 4.78 is 13.4. The molecular weight excluding hydrogens is 189 g/mol. The number of halogens is 1. The van der Waals surface area contributed by atoms with E-state index in [0.717, 1.165) is 24.0 Å². The Balaban J connectivity index is 2.53. The second kappa shape index (κ2) is 5.86. The van der Waals surface area contributed by atoms with Crippen LogP contribution in [0.2, 0.25) is 0 Å². The fourth-order valence-corrected chi connectivity index (χ4v) is 1.66. The number of rotatable bonds is 5. The van der Waals surface area contributed by atoms with Crippen molar-refractivity contribution >= 4 is 0 Å². The van der Waals surface area contributed by atoms with E-state index in [4.69, 9.17) is 0 Å². The molecule has 1 aromatic carbocycles. The molecule has 0 aliphatic carbocycles. The molecule has 1 atom stereocenters. The molecule has 0 radical (unpaired) electrons. The van der Waals surface area contributed by atoms with Crippen LogP contribution in [0, 0.1) is 12.7 Å². The minimum absolute atomic E-state index is 0.114. The van der Waals surface area contributed by atoms with Crippen LogP contribution in [0.25, 0.3) is 0 Å². The summed E-state index contributed by atoms with van der Waals surface area (Å²) in [7, 11) is 0. The van der Waals surface area contributed by atoms with E-state index >= 15 is 0 Å². The van der Waals surface area contributed by atoms with Gasteiger partial charge in [0.05, 0.1) is 0 Å². The molecule has 84 valence electrons. The van der Waals surface area contributed by atoms with Crippen LogP contribution in [0.5, 0.6) is 0 Å². The summed E-state index contributed by atoms with van der Waals surface area (Å²) in [6, 6.07) is 5.70. The van der Waals surface area contributed by atoms with E-state index in [1.165, 1.54) is 6.07 Å². The van der Waals surface area contributed by atoms with Crippen molar-refractivity contribution < 1.29 is 4.39 Å². The third-order valence-electron chi connectivity index (χ3n) is 2.56. The molecule has 0 aliphatic rings. The molecule has 0 saturated carbocycles. The molecule has 0 aromatic heterocycles. The highest BCUT2D eigenvalue weighted by molar-refractivity contribution is 5.23. The Morgan fingerprint density at radius 3 is 2.80 bits per heavy atom. The third kappa shape index (κ3) is 4.00. The van der Waals surface area contributed by atoms with E-state index in [1.54, 1.807) is 6.07 Å². The lowest BCUT2D eigenvalue weighted by Gasteiger charge is -2.13. The summed E-state index contributed by atoms with van der Waals surface area (Å²) in [4.78, 5) is 0. The maximum Gasteiger partial charge on any atom is 0.127 e. The smallest absolute Gasteiger partial charge is 0.127 e. The van der Waals surface area contributed by atoms with Crippen molar-refractivity contribution in [3.63, 3.8) is 0 Å². The molecule has 1 unspecified atom stereocenters. The summed E-state index contributed by atoms with van der Waals surface area (Å²) in [5.41, 5.74) is 1.87. The van der Waals surface area contributed by atoms with Crippen LogP contribution in [0.4, 0.5) is 4.39 Å². The normalized spacial score (nSPS) is 12.8. The quantitative estimate of drug-likeness (QED) is 0.783. The molecule has 0 saturated heterocycles. The standard InChI is InChI=1S/C13H20FN/c1-4-5-11(3)15-9-12-8-10(2)6-7-13(12)14/h6-8,11,15H,4-5,9H2,1-3H3. The minimum Gasteiger partial charge on any atom is -0.310 e. The van der Waals surface area contributed by atoms with Crippen molar-refractivity contribution in [2.45, 2.75) is 46.2 Å². The Bertz CT molecular complexity index is 309. The number of aryl methyl sites for hydroxylation is 1. The topological polar surface area (TPSA) is 12.0 Å². The number of benzene rings is 1. The molecule has 0 bridgehead atoms. The lowest BCUT2D eigenvalue weighted by Crippen LogP contribution is -2.25. The SMILES string of the molecule is CCCC(C)NCc1cc(C)ccc1F. The average Bonchev–Trinajstić information content (AvgIpc) is 2.20. The summed E-state index contributed by atoms with van der Waals surface area (Å²) in [6.07, 6.45) is 2.29. The monoisotopic (exact) mass is 209 g/mol. The Morgan fingerprint density at radius 2 is 2.13 bits per heavy atom. The zero-order valence-corrected chi connectivity index (χ0v) is 9.81. The van der Waals surface area contributed by atoms with E-state index in [0.29, 0.717) is 12.6 Å². The van der Waals surface area contributed by atoms with Crippen molar-refractivity contribution in [1.29, 1.82) is 0 Å². The molecule has 0 fully saturated rings. The zero-order chi connectivity index (χ0) is 11.3. The van der Waals surface area contributed by atoms with Gasteiger partial charge in [0.1, 0.15) is 5.82 Å². The lowest BCUT2D eigenvalue weighted by atomic mass is 10.1. The molecule has 1 rings (SSSR count). The van der Waals surface area contributed by atoms with Gasteiger partial charge in [-0.15, -0.1) is 0 Å². The summed E-state index contributed by atoms with van der Waals surface area (Å²) in [5, 5.41) is 3.33. The van der Waals surface area contributed by atoms with E-state index < -0.39 is 0 Å². The summed E-state index contributed by atoms with van der Waals surface area (Å²) in [5.74, 6) is -0.114. The number of nitrogens with one attached hydrogen (secondary N) is 1. The predicted octanol–water partition coefficient (Wildman–Crippen LogP) is 3.41. The molecule has 0 amide bonds. The molecule has 1 aromatic rings. The van der Waals surface area contributed by atoms with Gasteiger partial charge in [-0.3, -0.25) is 0 Å². The number of hydrogen-bond acceptors (Lipinski definition) is 1. The van der Waals surface area contributed by atoms with Crippen LogP contribution in [-0.2, 0) is 6.54 Å². The second-order valence-electron chi connectivity index (χ2n) is 4.17. The second-order valence-corrected chi connectivity index (χ2v) is 4.17. The Morgan fingerprint density at radius 1 is 1.40 bits per heavy atom. The van der Waals surface area contributed by atoms with E-state index in [-0.39, 0.29) is 5.82 Å². The van der Waals surface area contributed by atoms with Crippen molar-refractivity contribution in [3.05, 3.63) is 35.1 Å². The first-order valence-corrected chi connectivity index (χ1v) is 5.62. The van der Waals surface area contributed by atoms with E-state index in [1.807, 2.05) is 13.0 Å². The fourth-order valence-electron chi connectivity index (χ4n) is 1.66. The Labute approximate surface area is 91.7 Å². The molecular formula is C13H20FN. The zero-order valence-electron chi connectivity index (χ0n) is 9.81. The van der Waals surface area contributed by atoms with Crippen molar-refractivity contribution in [3.8, 4) is 0 Å². The van der Waals surface area contributed by atoms with Gasteiger partial charge in [-0.2, -0.15) is 0 Å². The molecule has 0 spiro atoms. The molecule has 0 heterocycles. The highest BCUT2D eigenvalue weighted by Crippen LogP contribution is 2.10. The Hall–Kier alpha value is -0.890. The minimum atomic E-state index is -0.114. The van der Waals surface area contributed by atoms with Gasteiger partial charge in [0.15, 0.2) is 0 Å². The van der Waals surface area contributed by atoms with Gasteiger partial charge < -0.3 is 5.32 Å². The first-order chi connectivity index (χ1) is 7.13. The van der Waals surface area contributed by atoms with Crippen molar-refractivity contribution in [2.24, 2.45) is 0 Å². The van der Waals surface area contributed by atoms with Gasteiger partial charge >= 0.3 is 0 Å². The first kappa shape index (κ1) is 12.2. The van der Waals surface area contributed by atoms with Gasteiger partial charge in [-0.05, 0) is 26.3 Å². The maximum atomic E-state index is 13.4. The molecule has 1 N–H and O–H groups in total. The highest BCUT2D eigenvalue weighted by atomic mass is 19.1. The molecule has 1 nitrogen and oxygen atoms in total. The summed E-state index contributed by atoms with van der Waals surface area (Å²) >= 11 is 0. The largest absolute Gasteiger partial charge is 0.310 e.